The second-order valence-electron chi connectivity index (χ2n) is 31.7. The van der Waals surface area contributed by atoms with Crippen LogP contribution in [0.25, 0.3) is 43.7 Å². The lowest BCUT2D eigenvalue weighted by atomic mass is 9.86. The van der Waals surface area contributed by atoms with Gasteiger partial charge in [-0.25, -0.2) is 0 Å². The molecule has 5 saturated heterocycles. The molecule has 9 heterocycles. The summed E-state index contributed by atoms with van der Waals surface area (Å²) in [5.41, 5.74) is 7.04. The third-order valence-corrected chi connectivity index (χ3v) is 23.5. The Labute approximate surface area is 684 Å². The number of benzene rings is 8. The van der Waals surface area contributed by atoms with Crippen molar-refractivity contribution < 1.29 is 81.1 Å². The summed E-state index contributed by atoms with van der Waals surface area (Å²) in [5, 5.41) is 20.7. The van der Waals surface area contributed by atoms with E-state index in [9.17, 15) is 71.9 Å². The van der Waals surface area contributed by atoms with Gasteiger partial charge in [0.1, 0.15) is 0 Å². The number of amides is 4. The minimum Gasteiger partial charge on any atom is -0.377 e. The maximum atomic E-state index is 13.4. The first-order valence-electron chi connectivity index (χ1n) is 40.4. The van der Waals surface area contributed by atoms with Crippen LogP contribution in [-0.4, -0.2) is 143 Å². The molecule has 0 spiro atoms. The number of piperidine rings is 4. The van der Waals surface area contributed by atoms with Crippen LogP contribution in [0.5, 0.6) is 0 Å². The van der Waals surface area contributed by atoms with Crippen molar-refractivity contribution in [3.63, 3.8) is 0 Å². The molecule has 5 fully saturated rings. The van der Waals surface area contributed by atoms with E-state index < -0.39 is 47.0 Å². The highest BCUT2D eigenvalue weighted by molar-refractivity contribution is 6.07. The highest BCUT2D eigenvalue weighted by Crippen LogP contribution is 2.45. The highest BCUT2D eigenvalue weighted by Gasteiger charge is 2.42. The second-order valence-corrected chi connectivity index (χ2v) is 31.7. The number of nitrogens with zero attached hydrogens (tertiary/aromatic N) is 11. The zero-order valence-corrected chi connectivity index (χ0v) is 67.0. The average molecular weight is 1660 g/mol. The van der Waals surface area contributed by atoms with Crippen LogP contribution in [0.15, 0.2) is 180 Å². The Hall–Kier alpha value is -11.4. The van der Waals surface area contributed by atoms with E-state index in [1.165, 1.54) is 30.3 Å². The SMILES string of the molecule is CCn1nc(C(=O)N2CCC(c3ccccc3C(F)(F)F)CC2)c2ccc(C)cc21.Cc1ccc2c(C(=O)N3CCC(c4ccccc4C(F)(F)F)CC3)nn(C(C)C)c2c1.Cc1ccc2c(C(=O)N3CCC(c4ccccc4C(F)(F)F)CC3)nn(C3COC3)c2c1.O=C(c1noc2ccccc12)N1CCC(c2ccccc2C(F)(F)F)CC1. The van der Waals surface area contributed by atoms with Crippen molar-refractivity contribution >= 4 is 67.3 Å². The molecule has 630 valence electrons. The van der Waals surface area contributed by atoms with Crippen molar-refractivity contribution in [3.8, 4) is 0 Å². The number of hydrogen-bond acceptors (Lipinski definition) is 10. The van der Waals surface area contributed by atoms with Gasteiger partial charge in [-0.2, -0.15) is 68.0 Å². The van der Waals surface area contributed by atoms with E-state index in [1.807, 2.05) is 110 Å². The zero-order chi connectivity index (χ0) is 85.3. The molecule has 29 heteroatoms. The molecule has 17 rings (SSSR count). The van der Waals surface area contributed by atoms with E-state index in [2.05, 4.69) is 20.5 Å². The van der Waals surface area contributed by atoms with Crippen LogP contribution in [0, 0.1) is 20.8 Å². The van der Waals surface area contributed by atoms with Gasteiger partial charge in [0.2, 0.25) is 0 Å². The van der Waals surface area contributed by atoms with Gasteiger partial charge in [0.25, 0.3) is 23.6 Å². The number of carbonyl (C=O) groups is 4. The molecule has 8 aromatic carbocycles. The summed E-state index contributed by atoms with van der Waals surface area (Å²) in [4.78, 5) is 59.4. The maximum Gasteiger partial charge on any atom is 0.416 e. The molecule has 12 aromatic rings. The molecule has 0 unspecified atom stereocenters. The summed E-state index contributed by atoms with van der Waals surface area (Å²) < 4.78 is 176. The van der Waals surface area contributed by atoms with Gasteiger partial charge in [-0.15, -0.1) is 0 Å². The van der Waals surface area contributed by atoms with E-state index in [4.69, 9.17) is 9.26 Å². The predicted molar refractivity (Wildman–Crippen MR) is 431 cm³/mol. The number of rotatable bonds is 11. The summed E-state index contributed by atoms with van der Waals surface area (Å²) in [5.74, 6) is -1.59. The van der Waals surface area contributed by atoms with Gasteiger partial charge in [-0.1, -0.05) is 126 Å². The van der Waals surface area contributed by atoms with Crippen LogP contribution in [0.3, 0.4) is 0 Å². The lowest BCUT2D eigenvalue weighted by Gasteiger charge is -2.33. The molecule has 120 heavy (non-hydrogen) atoms. The maximum absolute atomic E-state index is 13.4. The van der Waals surface area contributed by atoms with Crippen LogP contribution >= 0.6 is 0 Å². The summed E-state index contributed by atoms with van der Waals surface area (Å²) >= 11 is 0. The molecule has 5 aliphatic rings. The number of carbonyl (C=O) groups excluding carboxylic acids is 4. The first-order chi connectivity index (χ1) is 57.2. The van der Waals surface area contributed by atoms with Crippen molar-refractivity contribution in [2.24, 2.45) is 0 Å². The standard InChI is InChI=1S/C24H24F3N3O2.C24H26F3N3O.C23H24F3N3O.C20H17F3N2O2/c1-15-6-7-19-21(12-15)30(17-13-32-14-17)28-22(19)23(31)29-10-8-16(9-11-29)18-4-2-3-5-20(18)24(25,26)27;1-15(2)30-21-14-16(3)8-9-19(21)22(28-30)23(31)29-12-10-17(11-13-29)18-6-4-5-7-20(18)24(25,26)27;1-3-29-20-14-15(2)8-9-18(20)21(27-29)22(30)28-12-10-16(11-13-28)17-6-4-5-7-19(17)23(24,25)26;21-20(22,23)16-7-3-1-5-14(16)13-9-11-25(12-10-13)19(26)18-15-6-2-4-8-17(15)27-24-18/h2-7,12,16-17H,8-11,13-14H2,1H3;4-9,14-15,17H,10-13H2,1-3H3;4-9,14,16H,3,10-13H2,1-2H3;1-8,13H,9-12H2. The topological polar surface area (TPSA) is 170 Å². The Kier molecular flexibility index (Phi) is 24.9. The van der Waals surface area contributed by atoms with Crippen molar-refractivity contribution in [1.82, 2.24) is 54.1 Å². The number of hydrogen-bond donors (Lipinski definition) is 0. The fourth-order valence-electron chi connectivity index (χ4n) is 17.2. The van der Waals surface area contributed by atoms with E-state index in [-0.39, 0.29) is 65.1 Å². The van der Waals surface area contributed by atoms with Crippen LogP contribution in [0.4, 0.5) is 52.7 Å². The van der Waals surface area contributed by atoms with E-state index in [1.54, 1.807) is 86.3 Å². The Bertz CT molecular complexity index is 5710. The number of para-hydroxylation sites is 1. The number of fused-ring (bicyclic) bond motifs is 4. The number of halogens is 12. The second kappa shape index (κ2) is 35.1. The lowest BCUT2D eigenvalue weighted by Crippen LogP contribution is -2.38. The molecule has 17 nitrogen and oxygen atoms in total. The summed E-state index contributed by atoms with van der Waals surface area (Å²) in [6, 6.07) is 48.0. The van der Waals surface area contributed by atoms with E-state index >= 15 is 0 Å². The van der Waals surface area contributed by atoms with Gasteiger partial charge in [-0.05, 0) is 210 Å². The number of aromatic nitrogens is 7. The summed E-state index contributed by atoms with van der Waals surface area (Å²) in [6.45, 7) is 17.1. The predicted octanol–water partition coefficient (Wildman–Crippen LogP) is 21.2. The molecule has 4 aromatic heterocycles. The van der Waals surface area contributed by atoms with Gasteiger partial charge >= 0.3 is 24.7 Å². The monoisotopic (exact) mass is 1660 g/mol. The Morgan fingerprint density at radius 2 is 0.700 bits per heavy atom. The normalized spacial score (nSPS) is 16.5. The van der Waals surface area contributed by atoms with Crippen molar-refractivity contribution in [2.75, 3.05) is 65.6 Å². The average Bonchev–Trinajstić information content (AvgIpc) is 1.62. The number of ether oxygens (including phenoxy) is 1. The molecular weight excluding hydrogens is 1570 g/mol. The summed E-state index contributed by atoms with van der Waals surface area (Å²) in [6.07, 6.45) is -13.5. The molecule has 5 aliphatic heterocycles. The van der Waals surface area contributed by atoms with Crippen LogP contribution in [-0.2, 0) is 36.0 Å². The van der Waals surface area contributed by atoms with Gasteiger partial charge in [0, 0.05) is 81.1 Å². The Balaban J connectivity index is 0.000000131. The van der Waals surface area contributed by atoms with Gasteiger partial charge < -0.3 is 28.9 Å². The van der Waals surface area contributed by atoms with Crippen molar-refractivity contribution in [3.05, 3.63) is 260 Å². The largest absolute Gasteiger partial charge is 0.416 e. The molecule has 0 N–H and O–H groups in total. The minimum absolute atomic E-state index is 0.107. The zero-order valence-electron chi connectivity index (χ0n) is 67.0. The molecule has 4 amide bonds. The minimum atomic E-state index is -4.38. The third-order valence-electron chi connectivity index (χ3n) is 23.5. The fraction of sp³-hybridized carbons (Fsp3) is 0.385. The molecule has 0 radical (unpaired) electrons. The molecule has 0 bridgehead atoms. The smallest absolute Gasteiger partial charge is 0.377 e. The Morgan fingerprint density at radius 1 is 0.383 bits per heavy atom. The van der Waals surface area contributed by atoms with E-state index in [0.29, 0.717) is 174 Å². The molecule has 0 aliphatic carbocycles. The lowest BCUT2D eigenvalue weighted by molar-refractivity contribution is -0.139. The number of likely N-dealkylation sites (tertiary alicyclic amines) is 4. The quantitative estimate of drug-likeness (QED) is 0.114. The van der Waals surface area contributed by atoms with E-state index in [0.717, 1.165) is 73.7 Å². The van der Waals surface area contributed by atoms with Crippen molar-refractivity contribution in [2.45, 2.75) is 160 Å². The fourth-order valence-corrected chi connectivity index (χ4v) is 17.2. The molecular formula is C91H91F12N11O6. The van der Waals surface area contributed by atoms with Crippen LogP contribution < -0.4 is 0 Å². The Morgan fingerprint density at radius 3 is 1.06 bits per heavy atom. The van der Waals surface area contributed by atoms with Crippen LogP contribution in [0.2, 0.25) is 0 Å². The van der Waals surface area contributed by atoms with Gasteiger partial charge in [-0.3, -0.25) is 33.2 Å². The van der Waals surface area contributed by atoms with Gasteiger partial charge in [0.15, 0.2) is 28.4 Å². The summed E-state index contributed by atoms with van der Waals surface area (Å²) in [7, 11) is 0. The number of alkyl halides is 12. The first kappa shape index (κ1) is 85.1. The first-order valence-corrected chi connectivity index (χ1v) is 40.4. The van der Waals surface area contributed by atoms with Gasteiger partial charge in [0.05, 0.1) is 63.4 Å². The number of aryl methyl sites for hydroxylation is 4. The van der Waals surface area contributed by atoms with Crippen LogP contribution in [0.1, 0.15) is 211 Å². The highest BCUT2D eigenvalue weighted by atomic mass is 19.4. The third kappa shape index (κ3) is 18.2. The van der Waals surface area contributed by atoms with Crippen molar-refractivity contribution in [1.29, 1.82) is 0 Å². The molecule has 0 atom stereocenters. The molecule has 0 saturated carbocycles.